The third-order valence-electron chi connectivity index (χ3n) is 18.9. The van der Waals surface area contributed by atoms with Crippen molar-refractivity contribution < 1.29 is 65.6 Å². The van der Waals surface area contributed by atoms with Gasteiger partial charge in [0.2, 0.25) is 11.6 Å². The van der Waals surface area contributed by atoms with E-state index in [1.54, 1.807) is 193 Å². The summed E-state index contributed by atoms with van der Waals surface area (Å²) < 4.78 is 28.3. The standard InChI is InChI=1S/C28H27NO4S.C27H27NO3S.C20H15NO2.C16H13NO2.C14H10N2O3S/c1-2-3-4-11-16-25(29-33-28(32)27(31)21-12-7-5-8-13-21)26(30)22-17-19-24(20-18-22)34-23-14-9-6-10-15-23;1-2-3-4-11-16-25(28-31-27(30)22-12-7-5-8-13-22)26(29)21-17-19-24(20-18-21)32-23-14-9-6-10-15-23;22-20(18-14-8-3-9-15-18)23-21-19(16-10-4-1-5-11-16)17-12-6-2-7-13-17;18-16(13-7-2-1-3-8-13)19-17-15-11-10-12-6-4-5-9-14(12)15;15-11-14(12-7-3-1-4-8-12)16-19-20(17,18)13-9-5-2-6-10-13/h5-10,12-15,17-20H,2-4,11,16H2,1H3;5-10,12-15,17-20H,2-4,11,16H2,1H3;1-15H;1-9H,10-11H2;1-10H/b29-25+;28-25+;;17-15+;16-14+. The summed E-state index contributed by atoms with van der Waals surface area (Å²) in [4.78, 5) is 111. The van der Waals surface area contributed by atoms with Crippen LogP contribution < -0.4 is 0 Å². The van der Waals surface area contributed by atoms with Gasteiger partial charge in [0.1, 0.15) is 28.1 Å². The summed E-state index contributed by atoms with van der Waals surface area (Å²) in [7, 11) is -4.01. The first-order chi connectivity index (χ1) is 62.6. The Morgan fingerprint density at radius 1 is 0.328 bits per heavy atom. The molecule has 23 heteroatoms. The van der Waals surface area contributed by atoms with E-state index in [0.29, 0.717) is 51.9 Å². The number of hydrogen-bond acceptors (Lipinski definition) is 22. The van der Waals surface area contributed by atoms with Crippen molar-refractivity contribution in [3.8, 4) is 6.07 Å². The van der Waals surface area contributed by atoms with Crippen molar-refractivity contribution in [2.45, 2.75) is 115 Å². The number of rotatable bonds is 33. The summed E-state index contributed by atoms with van der Waals surface area (Å²) in [6.07, 6.45) is 10.4. The normalized spacial score (nSPS) is 11.6. The van der Waals surface area contributed by atoms with E-state index in [1.807, 2.05) is 182 Å². The van der Waals surface area contributed by atoms with E-state index in [2.05, 4.69) is 50.0 Å². The summed E-state index contributed by atoms with van der Waals surface area (Å²) in [5.74, 6) is -3.90. The molecule has 0 aromatic heterocycles. The van der Waals surface area contributed by atoms with Crippen LogP contribution >= 0.6 is 23.5 Å². The van der Waals surface area contributed by atoms with Gasteiger partial charge in [-0.1, -0.05) is 356 Å². The second kappa shape index (κ2) is 52.6. The molecule has 0 N–H and O–H groups in total. The van der Waals surface area contributed by atoms with Crippen LogP contribution in [0.2, 0.25) is 0 Å². The van der Waals surface area contributed by atoms with Gasteiger partial charge in [-0.05, 0) is 165 Å². The van der Waals surface area contributed by atoms with Gasteiger partial charge in [0.05, 0.1) is 22.4 Å². The summed E-state index contributed by atoms with van der Waals surface area (Å²) in [6.45, 7) is 4.24. The van der Waals surface area contributed by atoms with Crippen LogP contribution in [0.25, 0.3) is 0 Å². The van der Waals surface area contributed by atoms with Gasteiger partial charge in [-0.3, -0.25) is 18.7 Å². The number of oxime groups is 5. The predicted octanol–water partition coefficient (Wildman–Crippen LogP) is 23.8. The highest BCUT2D eigenvalue weighted by molar-refractivity contribution is 7.99. The Labute approximate surface area is 753 Å². The van der Waals surface area contributed by atoms with Gasteiger partial charge in [0, 0.05) is 58.5 Å². The van der Waals surface area contributed by atoms with E-state index in [-0.39, 0.29) is 39.2 Å². The third kappa shape index (κ3) is 31.4. The molecule has 0 saturated carbocycles. The monoisotopic (exact) mass is 1760 g/mol. The van der Waals surface area contributed by atoms with Gasteiger partial charge in [0.15, 0.2) is 5.71 Å². The molecule has 1 aliphatic rings. The fourth-order valence-electron chi connectivity index (χ4n) is 12.2. The van der Waals surface area contributed by atoms with E-state index in [9.17, 15) is 42.0 Å². The van der Waals surface area contributed by atoms with E-state index in [0.717, 1.165) is 106 Å². The van der Waals surface area contributed by atoms with Crippen LogP contribution in [-0.2, 0) is 45.0 Å². The minimum Gasteiger partial charge on any atom is -0.313 e. The van der Waals surface area contributed by atoms with Gasteiger partial charge in [0.25, 0.3) is 5.78 Å². The van der Waals surface area contributed by atoms with Gasteiger partial charge >= 0.3 is 34.0 Å². The Hall–Kier alpha value is -15.0. The van der Waals surface area contributed by atoms with Gasteiger partial charge in [-0.15, -0.1) is 0 Å². The average Bonchev–Trinajstić information content (AvgIpc) is 1.79. The Balaban J connectivity index is 0.000000170. The topological polar surface area (TPSA) is 285 Å². The first-order valence-corrected chi connectivity index (χ1v) is 44.5. The SMILES string of the molecule is CCCCCC/C(=N\OC(=O)C(=O)c1ccccc1)C(=O)c1ccc(Sc2ccccc2)cc1.CCCCCC/C(=N\OC(=O)c1ccccc1)C(=O)c1ccc(Sc2ccccc2)cc1.N#C/C(=N\OS(=O)(=O)c1ccccc1)c1ccccc1.O=C(O/N=C1\CCc2ccccc21)c1ccccc1.O=C(ON=C(c1ccccc1)c1ccccc1)c1ccccc1. The molecule has 0 fully saturated rings. The largest absolute Gasteiger partial charge is 0.405 e. The number of aryl methyl sites for hydroxylation is 1. The van der Waals surface area contributed by atoms with Crippen molar-refractivity contribution in [2.75, 3.05) is 0 Å². The van der Waals surface area contributed by atoms with Crippen LogP contribution in [0.4, 0.5) is 0 Å². The van der Waals surface area contributed by atoms with E-state index in [1.165, 1.54) is 29.8 Å². The number of unbranched alkanes of at least 4 members (excludes halogenated alkanes) is 6. The molecule has 0 atom stereocenters. The maximum atomic E-state index is 13.1. The number of ketones is 3. The second-order valence-corrected chi connectivity index (χ2v) is 32.0. The minimum atomic E-state index is -4.01. The number of benzene rings is 13. The third-order valence-corrected chi connectivity index (χ3v) is 22.1. The van der Waals surface area contributed by atoms with Gasteiger partial charge in [-0.2, -0.15) is 13.7 Å². The second-order valence-electron chi connectivity index (χ2n) is 28.2. The summed E-state index contributed by atoms with van der Waals surface area (Å²) in [5.41, 5.74) is 8.96. The highest BCUT2D eigenvalue weighted by atomic mass is 32.2. The number of nitrogens with zero attached hydrogens (tertiary/aromatic N) is 6. The Kier molecular flexibility index (Phi) is 39.2. The van der Waals surface area contributed by atoms with E-state index >= 15 is 0 Å². The average molecular weight is 1760 g/mol. The lowest BCUT2D eigenvalue weighted by atomic mass is 10.0. The first-order valence-electron chi connectivity index (χ1n) is 41.4. The Morgan fingerprint density at radius 2 is 0.664 bits per heavy atom. The van der Waals surface area contributed by atoms with Crippen molar-refractivity contribution >= 4 is 103 Å². The summed E-state index contributed by atoms with van der Waals surface area (Å²) in [6, 6.07) is 114. The lowest BCUT2D eigenvalue weighted by molar-refractivity contribution is -0.138. The van der Waals surface area contributed by atoms with Crippen molar-refractivity contribution in [2.24, 2.45) is 25.8 Å². The van der Waals surface area contributed by atoms with Crippen LogP contribution in [0.15, 0.2) is 426 Å². The number of carbonyl (C=O) groups excluding carboxylic acids is 7. The smallest absolute Gasteiger partial charge is 0.313 e. The molecular weight excluding hydrogens is 1670 g/mol. The van der Waals surface area contributed by atoms with Gasteiger partial charge in [-0.25, -0.2) is 19.2 Å². The number of nitriles is 1. The Bertz CT molecular complexity index is 6020. The molecule has 0 aliphatic heterocycles. The zero-order valence-electron chi connectivity index (χ0n) is 70.4. The van der Waals surface area contributed by atoms with Crippen molar-refractivity contribution in [1.82, 2.24) is 0 Å². The number of fused-ring (bicyclic) bond motifs is 1. The summed E-state index contributed by atoms with van der Waals surface area (Å²) in [5, 5.41) is 28.3. The van der Waals surface area contributed by atoms with E-state index < -0.39 is 39.8 Å². The fourth-order valence-corrected chi connectivity index (χ4v) is 14.6. The molecule has 644 valence electrons. The molecule has 0 saturated heterocycles. The van der Waals surface area contributed by atoms with Crippen molar-refractivity contribution in [3.05, 3.63) is 437 Å². The lowest BCUT2D eigenvalue weighted by Gasteiger charge is -2.07. The maximum Gasteiger partial charge on any atom is 0.405 e. The molecule has 20 nitrogen and oxygen atoms in total. The molecule has 0 unspecified atom stereocenters. The summed E-state index contributed by atoms with van der Waals surface area (Å²) >= 11 is 3.24. The Morgan fingerprint density at radius 3 is 1.08 bits per heavy atom. The molecular formula is C105H92N6O14S3. The molecule has 1 aliphatic carbocycles. The molecule has 13 aromatic rings. The molecule has 0 heterocycles. The van der Waals surface area contributed by atoms with Crippen LogP contribution in [0.1, 0.15) is 174 Å². The van der Waals surface area contributed by atoms with Crippen LogP contribution in [0.3, 0.4) is 0 Å². The quantitative estimate of drug-likeness (QED) is 0.00922. The molecule has 0 bridgehead atoms. The molecule has 0 spiro atoms. The van der Waals surface area contributed by atoms with Crippen LogP contribution in [0.5, 0.6) is 0 Å². The predicted molar refractivity (Wildman–Crippen MR) is 501 cm³/mol. The molecule has 128 heavy (non-hydrogen) atoms. The number of hydrogen-bond donors (Lipinski definition) is 0. The van der Waals surface area contributed by atoms with Crippen LogP contribution in [-0.4, -0.2) is 78.2 Å². The fraction of sp³-hybridized carbons (Fsp3) is 0.133. The highest BCUT2D eigenvalue weighted by Crippen LogP contribution is 2.30. The van der Waals surface area contributed by atoms with Crippen LogP contribution in [0, 0.1) is 11.3 Å². The zero-order chi connectivity index (χ0) is 90.2. The molecule has 0 amide bonds. The minimum absolute atomic E-state index is 0.0194. The first kappa shape index (κ1) is 95.3. The van der Waals surface area contributed by atoms with Gasteiger partial charge < -0.3 is 19.4 Å². The molecule has 14 rings (SSSR count). The maximum absolute atomic E-state index is 13.1. The lowest BCUT2D eigenvalue weighted by Crippen LogP contribution is -2.19. The zero-order valence-corrected chi connectivity index (χ0v) is 72.9. The number of carbonyl (C=O) groups is 7. The van der Waals surface area contributed by atoms with Crippen molar-refractivity contribution in [3.63, 3.8) is 0 Å². The number of Topliss-reactive ketones (excluding diaryl/α,β-unsaturated/α-hetero) is 3. The van der Waals surface area contributed by atoms with Crippen molar-refractivity contribution in [1.29, 1.82) is 5.26 Å². The van der Waals surface area contributed by atoms with E-state index in [4.69, 9.17) is 24.6 Å². The molecule has 0 radical (unpaired) electrons. The molecule has 13 aromatic carbocycles. The highest BCUT2D eigenvalue weighted by Gasteiger charge is 2.24.